The van der Waals surface area contributed by atoms with E-state index in [1.54, 1.807) is 18.2 Å². The molecular formula is C10H9BrClNO2. The number of carboxylic acids is 1. The number of halogens is 2. The summed E-state index contributed by atoms with van der Waals surface area (Å²) in [5.41, 5.74) is 0.763. The summed E-state index contributed by atoms with van der Waals surface area (Å²) in [6.45, 7) is 3.56. The van der Waals surface area contributed by atoms with E-state index >= 15 is 0 Å². The molecule has 80 valence electrons. The van der Waals surface area contributed by atoms with Crippen LogP contribution in [-0.2, 0) is 4.79 Å². The summed E-state index contributed by atoms with van der Waals surface area (Å²) in [6, 6.07) is 5.30. The molecule has 0 radical (unpaired) electrons. The van der Waals surface area contributed by atoms with Crippen molar-refractivity contribution in [1.82, 2.24) is 0 Å². The van der Waals surface area contributed by atoms with Crippen LogP contribution in [0.1, 0.15) is 0 Å². The third-order valence-electron chi connectivity index (χ3n) is 1.72. The highest BCUT2D eigenvalue weighted by atomic mass is 79.9. The summed E-state index contributed by atoms with van der Waals surface area (Å²) >= 11 is 9.19. The van der Waals surface area contributed by atoms with Crippen molar-refractivity contribution < 1.29 is 9.90 Å². The van der Waals surface area contributed by atoms with Gasteiger partial charge in [0.15, 0.2) is 0 Å². The molecule has 0 amide bonds. The van der Waals surface area contributed by atoms with Crippen LogP contribution < -0.4 is 5.32 Å². The zero-order valence-electron chi connectivity index (χ0n) is 7.76. The molecule has 0 atom stereocenters. The van der Waals surface area contributed by atoms with Crippen LogP contribution in [0.4, 0.5) is 5.69 Å². The highest BCUT2D eigenvalue weighted by molar-refractivity contribution is 9.10. The van der Waals surface area contributed by atoms with Gasteiger partial charge in [-0.15, -0.1) is 0 Å². The topological polar surface area (TPSA) is 49.3 Å². The Balaban J connectivity index is 2.69. The van der Waals surface area contributed by atoms with Crippen molar-refractivity contribution in [2.45, 2.75) is 0 Å². The van der Waals surface area contributed by atoms with E-state index in [1.807, 2.05) is 0 Å². The first-order chi connectivity index (χ1) is 7.00. The number of hydrogen-bond acceptors (Lipinski definition) is 2. The monoisotopic (exact) mass is 289 g/mol. The Morgan fingerprint density at radius 2 is 2.27 bits per heavy atom. The molecule has 0 aromatic heterocycles. The van der Waals surface area contributed by atoms with Crippen LogP contribution in [-0.4, -0.2) is 17.6 Å². The number of anilines is 1. The normalized spacial score (nSPS) is 9.73. The fourth-order valence-electron chi connectivity index (χ4n) is 0.910. The zero-order valence-corrected chi connectivity index (χ0v) is 10.1. The van der Waals surface area contributed by atoms with Crippen LogP contribution in [0.15, 0.2) is 34.8 Å². The van der Waals surface area contributed by atoms with Crippen LogP contribution in [0, 0.1) is 0 Å². The summed E-state index contributed by atoms with van der Waals surface area (Å²) in [7, 11) is 0. The molecule has 3 nitrogen and oxygen atoms in total. The quantitative estimate of drug-likeness (QED) is 0.838. The third-order valence-corrected chi connectivity index (χ3v) is 2.55. The van der Waals surface area contributed by atoms with Gasteiger partial charge >= 0.3 is 5.97 Å². The Bertz CT molecular complexity index is 406. The number of hydrogen-bond donors (Lipinski definition) is 2. The number of rotatable bonds is 4. The molecule has 0 bridgehead atoms. The summed E-state index contributed by atoms with van der Waals surface area (Å²) in [4.78, 5) is 10.5. The van der Waals surface area contributed by atoms with Crippen molar-refractivity contribution in [2.24, 2.45) is 0 Å². The van der Waals surface area contributed by atoms with E-state index in [-0.39, 0.29) is 12.1 Å². The van der Waals surface area contributed by atoms with Crippen LogP contribution in [0.2, 0.25) is 5.02 Å². The van der Waals surface area contributed by atoms with Crippen molar-refractivity contribution in [1.29, 1.82) is 0 Å². The Labute approximate surface area is 101 Å². The molecule has 0 spiro atoms. The first-order valence-electron chi connectivity index (χ1n) is 4.10. The molecule has 5 heteroatoms. The molecule has 0 aliphatic carbocycles. The lowest BCUT2D eigenvalue weighted by Crippen LogP contribution is -2.11. The highest BCUT2D eigenvalue weighted by Gasteiger charge is 2.05. The minimum absolute atomic E-state index is 0.0889. The number of benzene rings is 1. The minimum atomic E-state index is -1.02. The molecule has 2 N–H and O–H groups in total. The van der Waals surface area contributed by atoms with Gasteiger partial charge in [0.05, 0.1) is 10.7 Å². The standard InChI is InChI=1S/C10H9BrClNO2/c1-6(10(14)15)5-13-9-4-7(11)2-3-8(9)12/h2-4,13H,1,5H2,(H,14,15). The highest BCUT2D eigenvalue weighted by Crippen LogP contribution is 2.25. The van der Waals surface area contributed by atoms with Gasteiger partial charge in [0.25, 0.3) is 0 Å². The van der Waals surface area contributed by atoms with Gasteiger partial charge in [-0.1, -0.05) is 34.1 Å². The predicted octanol–water partition coefficient (Wildman–Crippen LogP) is 3.16. The van der Waals surface area contributed by atoms with E-state index in [2.05, 4.69) is 27.8 Å². The van der Waals surface area contributed by atoms with Gasteiger partial charge in [-0.25, -0.2) is 4.79 Å². The Kier molecular flexibility index (Phi) is 4.17. The van der Waals surface area contributed by atoms with Crippen LogP contribution >= 0.6 is 27.5 Å². The molecule has 0 saturated carbocycles. The number of aliphatic carboxylic acids is 1. The molecule has 1 aromatic rings. The summed E-state index contributed by atoms with van der Waals surface area (Å²) in [5, 5.41) is 12.0. The summed E-state index contributed by atoms with van der Waals surface area (Å²) in [6.07, 6.45) is 0. The lowest BCUT2D eigenvalue weighted by atomic mass is 10.2. The molecule has 15 heavy (non-hydrogen) atoms. The van der Waals surface area contributed by atoms with Gasteiger partial charge in [0.2, 0.25) is 0 Å². The Hall–Kier alpha value is -1.00. The second-order valence-electron chi connectivity index (χ2n) is 2.89. The van der Waals surface area contributed by atoms with Crippen LogP contribution in [0.5, 0.6) is 0 Å². The van der Waals surface area contributed by atoms with E-state index < -0.39 is 5.97 Å². The van der Waals surface area contributed by atoms with Gasteiger partial charge in [-0.2, -0.15) is 0 Å². The van der Waals surface area contributed by atoms with E-state index in [4.69, 9.17) is 16.7 Å². The number of nitrogens with one attached hydrogen (secondary N) is 1. The minimum Gasteiger partial charge on any atom is -0.478 e. The van der Waals surface area contributed by atoms with Crippen molar-refractivity contribution in [3.05, 3.63) is 39.8 Å². The predicted molar refractivity (Wildman–Crippen MR) is 64.4 cm³/mol. The lowest BCUT2D eigenvalue weighted by Gasteiger charge is -2.08. The average Bonchev–Trinajstić information content (AvgIpc) is 2.18. The van der Waals surface area contributed by atoms with Gasteiger partial charge < -0.3 is 10.4 Å². The first-order valence-corrected chi connectivity index (χ1v) is 5.28. The largest absolute Gasteiger partial charge is 0.478 e. The van der Waals surface area contributed by atoms with E-state index in [9.17, 15) is 4.79 Å². The van der Waals surface area contributed by atoms with Gasteiger partial charge in [0.1, 0.15) is 0 Å². The second kappa shape index (κ2) is 5.19. The van der Waals surface area contributed by atoms with Crippen LogP contribution in [0.25, 0.3) is 0 Å². The molecule has 0 aliphatic heterocycles. The molecule has 0 unspecified atom stereocenters. The third kappa shape index (κ3) is 3.57. The molecule has 0 fully saturated rings. The second-order valence-corrected chi connectivity index (χ2v) is 4.21. The average molecular weight is 291 g/mol. The maximum absolute atomic E-state index is 10.5. The Morgan fingerprint density at radius 1 is 1.60 bits per heavy atom. The molecule has 0 heterocycles. The van der Waals surface area contributed by atoms with Gasteiger partial charge in [-0.05, 0) is 18.2 Å². The smallest absolute Gasteiger partial charge is 0.332 e. The van der Waals surface area contributed by atoms with Crippen molar-refractivity contribution in [3.8, 4) is 0 Å². The van der Waals surface area contributed by atoms with Gasteiger partial charge in [-0.3, -0.25) is 0 Å². The van der Waals surface area contributed by atoms with Gasteiger partial charge in [0, 0.05) is 16.6 Å². The maximum atomic E-state index is 10.5. The molecule has 1 aromatic carbocycles. The van der Waals surface area contributed by atoms with E-state index in [0.717, 1.165) is 4.47 Å². The van der Waals surface area contributed by atoms with Crippen LogP contribution in [0.3, 0.4) is 0 Å². The fraction of sp³-hybridized carbons (Fsp3) is 0.100. The number of carboxylic acid groups (broad SMARTS) is 1. The van der Waals surface area contributed by atoms with Crippen molar-refractivity contribution in [2.75, 3.05) is 11.9 Å². The van der Waals surface area contributed by atoms with Crippen molar-refractivity contribution >= 4 is 39.2 Å². The number of carbonyl (C=O) groups is 1. The van der Waals surface area contributed by atoms with Crippen molar-refractivity contribution in [3.63, 3.8) is 0 Å². The molecule has 1 rings (SSSR count). The summed E-state index contributed by atoms with van der Waals surface area (Å²) < 4.78 is 0.871. The first kappa shape index (κ1) is 12.1. The fourth-order valence-corrected chi connectivity index (χ4v) is 1.46. The SMILES string of the molecule is C=C(CNc1cc(Br)ccc1Cl)C(=O)O. The molecular weight excluding hydrogens is 281 g/mol. The lowest BCUT2D eigenvalue weighted by molar-refractivity contribution is -0.132. The molecule has 0 aliphatic rings. The maximum Gasteiger partial charge on any atom is 0.332 e. The zero-order chi connectivity index (χ0) is 11.4. The van der Waals surface area contributed by atoms with E-state index in [1.165, 1.54) is 0 Å². The molecule has 0 saturated heterocycles. The van der Waals surface area contributed by atoms with E-state index in [0.29, 0.717) is 10.7 Å². The summed E-state index contributed by atoms with van der Waals surface area (Å²) in [5.74, 6) is -1.02. The Morgan fingerprint density at radius 3 is 2.87 bits per heavy atom.